The second-order valence-electron chi connectivity index (χ2n) is 3.61. The first-order valence-corrected chi connectivity index (χ1v) is 4.26. The maximum absolute atomic E-state index is 5.37. The number of hydrogen-bond donors (Lipinski definition) is 0. The second-order valence-corrected chi connectivity index (χ2v) is 3.61. The van der Waals surface area contributed by atoms with Crippen molar-refractivity contribution < 1.29 is 9.47 Å². The molecule has 1 saturated carbocycles. The normalized spacial score (nSPS) is 28.6. The van der Waals surface area contributed by atoms with E-state index in [9.17, 15) is 0 Å². The molecule has 0 bridgehead atoms. The van der Waals surface area contributed by atoms with Gasteiger partial charge in [0.1, 0.15) is 0 Å². The van der Waals surface area contributed by atoms with Crippen LogP contribution in [0.2, 0.25) is 0 Å². The third-order valence-corrected chi connectivity index (χ3v) is 2.86. The first kappa shape index (κ1) is 9.01. The van der Waals surface area contributed by atoms with Crippen LogP contribution in [-0.2, 0) is 9.47 Å². The Morgan fingerprint density at radius 1 is 1.27 bits per heavy atom. The van der Waals surface area contributed by atoms with E-state index in [1.165, 1.54) is 6.42 Å². The van der Waals surface area contributed by atoms with Crippen molar-refractivity contribution in [3.8, 4) is 0 Å². The van der Waals surface area contributed by atoms with E-state index in [0.717, 1.165) is 6.42 Å². The molecule has 0 aromatic carbocycles. The van der Waals surface area contributed by atoms with Crippen LogP contribution in [0.4, 0.5) is 0 Å². The summed E-state index contributed by atoms with van der Waals surface area (Å²) >= 11 is 0. The molecule has 0 saturated heterocycles. The lowest BCUT2D eigenvalue weighted by Crippen LogP contribution is -2.52. The van der Waals surface area contributed by atoms with Crippen LogP contribution in [0.1, 0.15) is 26.7 Å². The minimum Gasteiger partial charge on any atom is -0.353 e. The molecule has 0 heterocycles. The highest BCUT2D eigenvalue weighted by molar-refractivity contribution is 4.91. The number of rotatable bonds is 3. The highest BCUT2D eigenvalue weighted by Gasteiger charge is 2.48. The van der Waals surface area contributed by atoms with Gasteiger partial charge in [-0.2, -0.15) is 0 Å². The number of ether oxygens (including phenoxy) is 2. The molecular weight excluding hydrogens is 140 g/mol. The Bertz CT molecular complexity index is 122. The lowest BCUT2D eigenvalue weighted by atomic mass is 9.71. The molecular formula is C9H18O2. The maximum Gasteiger partial charge on any atom is 0.170 e. The van der Waals surface area contributed by atoms with E-state index in [2.05, 4.69) is 13.8 Å². The minimum atomic E-state index is -0.256. The molecule has 1 aliphatic rings. The molecule has 11 heavy (non-hydrogen) atoms. The molecule has 1 fully saturated rings. The molecule has 1 atom stereocenters. The predicted octanol–water partition coefficient (Wildman–Crippen LogP) is 2.04. The van der Waals surface area contributed by atoms with Gasteiger partial charge in [0.15, 0.2) is 5.79 Å². The van der Waals surface area contributed by atoms with Gasteiger partial charge >= 0.3 is 0 Å². The maximum atomic E-state index is 5.37. The molecule has 2 heteroatoms. The molecule has 1 rings (SSSR count). The molecule has 1 aliphatic carbocycles. The summed E-state index contributed by atoms with van der Waals surface area (Å²) in [6.45, 7) is 4.44. The zero-order chi connectivity index (χ0) is 8.48. The molecule has 0 unspecified atom stereocenters. The van der Waals surface area contributed by atoms with Crippen LogP contribution < -0.4 is 0 Å². The first-order valence-electron chi connectivity index (χ1n) is 4.26. The van der Waals surface area contributed by atoms with E-state index >= 15 is 0 Å². The van der Waals surface area contributed by atoms with E-state index in [1.54, 1.807) is 14.2 Å². The Morgan fingerprint density at radius 3 is 1.91 bits per heavy atom. The average Bonchev–Trinajstić information content (AvgIpc) is 1.87. The first-order chi connectivity index (χ1) is 5.16. The standard InChI is InChI=1S/C9H18O2/c1-7(2)8-5-6-9(8,10-3)11-4/h7-8H,5-6H2,1-4H3/t8-/m1/s1. The van der Waals surface area contributed by atoms with Crippen molar-refractivity contribution in [1.82, 2.24) is 0 Å². The van der Waals surface area contributed by atoms with Crippen molar-refractivity contribution in [3.63, 3.8) is 0 Å². The van der Waals surface area contributed by atoms with Gasteiger partial charge in [-0.1, -0.05) is 13.8 Å². The quantitative estimate of drug-likeness (QED) is 0.585. The second kappa shape index (κ2) is 3.11. The largest absolute Gasteiger partial charge is 0.353 e. The van der Waals surface area contributed by atoms with Crippen LogP contribution in [0.3, 0.4) is 0 Å². The fourth-order valence-electron chi connectivity index (χ4n) is 1.98. The summed E-state index contributed by atoms with van der Waals surface area (Å²) in [5, 5.41) is 0. The minimum absolute atomic E-state index is 0.256. The van der Waals surface area contributed by atoms with Crippen molar-refractivity contribution in [2.75, 3.05) is 14.2 Å². The molecule has 0 aromatic heterocycles. The lowest BCUT2D eigenvalue weighted by molar-refractivity contribution is -0.295. The Hall–Kier alpha value is -0.0800. The van der Waals surface area contributed by atoms with Gasteiger partial charge in [-0.05, 0) is 12.3 Å². The van der Waals surface area contributed by atoms with Gasteiger partial charge in [0.05, 0.1) is 0 Å². The van der Waals surface area contributed by atoms with Crippen LogP contribution in [0.25, 0.3) is 0 Å². The summed E-state index contributed by atoms with van der Waals surface area (Å²) in [5.41, 5.74) is 0. The SMILES string of the molecule is COC1(OC)CC[C@@H]1C(C)C. The van der Waals surface area contributed by atoms with Gasteiger partial charge < -0.3 is 9.47 Å². The Kier molecular flexibility index (Phi) is 2.55. The molecule has 0 radical (unpaired) electrons. The monoisotopic (exact) mass is 158 g/mol. The van der Waals surface area contributed by atoms with Crippen molar-refractivity contribution >= 4 is 0 Å². The Balaban J connectivity index is 2.56. The fraction of sp³-hybridized carbons (Fsp3) is 1.00. The summed E-state index contributed by atoms with van der Waals surface area (Å²) in [6, 6.07) is 0. The Labute approximate surface area is 68.9 Å². The topological polar surface area (TPSA) is 18.5 Å². The fourth-order valence-corrected chi connectivity index (χ4v) is 1.98. The van der Waals surface area contributed by atoms with Crippen LogP contribution in [-0.4, -0.2) is 20.0 Å². The smallest absolute Gasteiger partial charge is 0.170 e. The zero-order valence-electron chi connectivity index (χ0n) is 7.89. The summed E-state index contributed by atoms with van der Waals surface area (Å²) in [5.74, 6) is 0.981. The highest BCUT2D eigenvalue weighted by Crippen LogP contribution is 2.45. The summed E-state index contributed by atoms with van der Waals surface area (Å²) in [6.07, 6.45) is 2.28. The molecule has 0 amide bonds. The summed E-state index contributed by atoms with van der Waals surface area (Å²) in [4.78, 5) is 0. The van der Waals surface area contributed by atoms with Crippen LogP contribution >= 0.6 is 0 Å². The van der Waals surface area contributed by atoms with Crippen LogP contribution in [0.15, 0.2) is 0 Å². The molecule has 0 spiro atoms. The van der Waals surface area contributed by atoms with Crippen LogP contribution in [0.5, 0.6) is 0 Å². The molecule has 0 aliphatic heterocycles. The van der Waals surface area contributed by atoms with Gasteiger partial charge in [0.2, 0.25) is 0 Å². The number of hydrogen-bond acceptors (Lipinski definition) is 2. The lowest BCUT2D eigenvalue weighted by Gasteiger charge is -2.49. The summed E-state index contributed by atoms with van der Waals surface area (Å²) < 4.78 is 10.7. The van der Waals surface area contributed by atoms with Crippen molar-refractivity contribution in [2.45, 2.75) is 32.5 Å². The van der Waals surface area contributed by atoms with E-state index in [0.29, 0.717) is 11.8 Å². The molecule has 0 N–H and O–H groups in total. The third-order valence-electron chi connectivity index (χ3n) is 2.86. The average molecular weight is 158 g/mol. The van der Waals surface area contributed by atoms with E-state index < -0.39 is 0 Å². The van der Waals surface area contributed by atoms with Gasteiger partial charge in [-0.3, -0.25) is 0 Å². The number of methoxy groups -OCH3 is 2. The van der Waals surface area contributed by atoms with E-state index in [4.69, 9.17) is 9.47 Å². The Morgan fingerprint density at radius 2 is 1.82 bits per heavy atom. The van der Waals surface area contributed by atoms with Gasteiger partial charge in [-0.15, -0.1) is 0 Å². The summed E-state index contributed by atoms with van der Waals surface area (Å²) in [7, 11) is 3.47. The van der Waals surface area contributed by atoms with Crippen LogP contribution in [0, 0.1) is 11.8 Å². The van der Waals surface area contributed by atoms with Crippen molar-refractivity contribution in [1.29, 1.82) is 0 Å². The van der Waals surface area contributed by atoms with E-state index in [1.807, 2.05) is 0 Å². The molecule has 66 valence electrons. The third kappa shape index (κ3) is 1.30. The molecule has 0 aromatic rings. The predicted molar refractivity (Wildman–Crippen MR) is 44.3 cm³/mol. The van der Waals surface area contributed by atoms with Crippen molar-refractivity contribution in [3.05, 3.63) is 0 Å². The van der Waals surface area contributed by atoms with Crippen molar-refractivity contribution in [2.24, 2.45) is 11.8 Å². The zero-order valence-corrected chi connectivity index (χ0v) is 7.89. The highest BCUT2D eigenvalue weighted by atomic mass is 16.7. The van der Waals surface area contributed by atoms with Gasteiger partial charge in [0.25, 0.3) is 0 Å². The van der Waals surface area contributed by atoms with E-state index in [-0.39, 0.29) is 5.79 Å². The van der Waals surface area contributed by atoms with Gasteiger partial charge in [0, 0.05) is 26.6 Å². The molecule has 2 nitrogen and oxygen atoms in total. The van der Waals surface area contributed by atoms with Gasteiger partial charge in [-0.25, -0.2) is 0 Å².